The minimum absolute atomic E-state index is 0.0184. The molecule has 0 bridgehead atoms. The SMILES string of the molecule is COc1cccc2c(C)cc(-n3nc(C)cc3NC(=O)C3CC(=O)N(C(C)c4ccccc4)C3)nc12. The first-order valence-corrected chi connectivity index (χ1v) is 12.0. The van der Waals surface area contributed by atoms with E-state index in [-0.39, 0.29) is 24.3 Å². The Hall–Kier alpha value is -4.20. The van der Waals surface area contributed by atoms with Crippen LogP contribution in [0.3, 0.4) is 0 Å². The fourth-order valence-electron chi connectivity index (χ4n) is 4.83. The third-order valence-electron chi connectivity index (χ3n) is 6.79. The second-order valence-electron chi connectivity index (χ2n) is 9.26. The highest BCUT2D eigenvalue weighted by molar-refractivity contribution is 5.97. The van der Waals surface area contributed by atoms with E-state index in [1.54, 1.807) is 16.7 Å². The first-order valence-electron chi connectivity index (χ1n) is 12.0. The fourth-order valence-corrected chi connectivity index (χ4v) is 4.83. The van der Waals surface area contributed by atoms with Crippen molar-refractivity contribution in [2.24, 2.45) is 5.92 Å². The zero-order valence-electron chi connectivity index (χ0n) is 20.9. The quantitative estimate of drug-likeness (QED) is 0.433. The van der Waals surface area contributed by atoms with Crippen LogP contribution in [-0.2, 0) is 9.59 Å². The van der Waals surface area contributed by atoms with Gasteiger partial charge in [0.25, 0.3) is 0 Å². The molecule has 1 fully saturated rings. The van der Waals surface area contributed by atoms with Crippen LogP contribution in [0, 0.1) is 19.8 Å². The third kappa shape index (κ3) is 4.30. The minimum atomic E-state index is -0.446. The normalized spacial score (nSPS) is 16.4. The van der Waals surface area contributed by atoms with Crippen LogP contribution < -0.4 is 10.1 Å². The number of anilines is 1. The molecule has 1 aliphatic heterocycles. The number of ether oxygens (including phenoxy) is 1. The first-order chi connectivity index (χ1) is 17.4. The second-order valence-corrected chi connectivity index (χ2v) is 9.26. The Morgan fingerprint density at radius 1 is 1.11 bits per heavy atom. The number of methoxy groups -OCH3 is 1. The molecular weight excluding hydrogens is 454 g/mol. The number of hydrogen-bond donors (Lipinski definition) is 1. The molecule has 3 heterocycles. The third-order valence-corrected chi connectivity index (χ3v) is 6.79. The lowest BCUT2D eigenvalue weighted by molar-refractivity contribution is -0.129. The summed E-state index contributed by atoms with van der Waals surface area (Å²) in [5.41, 5.74) is 3.54. The van der Waals surface area contributed by atoms with Gasteiger partial charge >= 0.3 is 0 Å². The Balaban J connectivity index is 1.40. The van der Waals surface area contributed by atoms with Gasteiger partial charge in [0.15, 0.2) is 5.82 Å². The van der Waals surface area contributed by atoms with Gasteiger partial charge < -0.3 is 15.0 Å². The van der Waals surface area contributed by atoms with Crippen molar-refractivity contribution in [3.05, 3.63) is 77.5 Å². The van der Waals surface area contributed by atoms with Crippen molar-refractivity contribution in [2.45, 2.75) is 33.2 Å². The monoisotopic (exact) mass is 483 g/mol. The molecule has 36 heavy (non-hydrogen) atoms. The van der Waals surface area contributed by atoms with Crippen molar-refractivity contribution in [1.29, 1.82) is 0 Å². The smallest absolute Gasteiger partial charge is 0.230 e. The fraction of sp³-hybridized carbons (Fsp3) is 0.286. The van der Waals surface area contributed by atoms with Gasteiger partial charge in [0.2, 0.25) is 11.8 Å². The summed E-state index contributed by atoms with van der Waals surface area (Å²) in [6.45, 7) is 6.24. The largest absolute Gasteiger partial charge is 0.494 e. The number of aromatic nitrogens is 3. The summed E-state index contributed by atoms with van der Waals surface area (Å²) in [7, 11) is 1.62. The predicted octanol–water partition coefficient (Wildman–Crippen LogP) is 4.59. The molecule has 2 aromatic heterocycles. The molecule has 0 spiro atoms. The topological polar surface area (TPSA) is 89.3 Å². The molecule has 4 aromatic rings. The van der Waals surface area contributed by atoms with Gasteiger partial charge in [-0.05, 0) is 44.0 Å². The van der Waals surface area contributed by atoms with E-state index < -0.39 is 5.92 Å². The van der Waals surface area contributed by atoms with Gasteiger partial charge in [-0.1, -0.05) is 42.5 Å². The van der Waals surface area contributed by atoms with Gasteiger partial charge in [-0.2, -0.15) is 9.78 Å². The van der Waals surface area contributed by atoms with E-state index in [1.165, 1.54) is 0 Å². The molecule has 8 nitrogen and oxygen atoms in total. The maximum atomic E-state index is 13.3. The van der Waals surface area contributed by atoms with Crippen molar-refractivity contribution in [3.8, 4) is 11.6 Å². The van der Waals surface area contributed by atoms with Crippen LogP contribution >= 0.6 is 0 Å². The predicted molar refractivity (Wildman–Crippen MR) is 138 cm³/mol. The van der Waals surface area contributed by atoms with Gasteiger partial charge in [0, 0.05) is 24.4 Å². The lowest BCUT2D eigenvalue weighted by atomic mass is 10.1. The molecule has 2 aromatic carbocycles. The summed E-state index contributed by atoms with van der Waals surface area (Å²) < 4.78 is 7.15. The number of para-hydroxylation sites is 1. The lowest BCUT2D eigenvalue weighted by Crippen LogP contribution is -2.30. The lowest BCUT2D eigenvalue weighted by Gasteiger charge is -2.25. The Bertz CT molecular complexity index is 1450. The van der Waals surface area contributed by atoms with Crippen LogP contribution in [0.15, 0.2) is 60.7 Å². The molecule has 1 saturated heterocycles. The molecule has 0 aliphatic carbocycles. The average molecular weight is 484 g/mol. The summed E-state index contributed by atoms with van der Waals surface area (Å²) in [6, 6.07) is 19.3. The maximum Gasteiger partial charge on any atom is 0.230 e. The Labute approximate surface area is 209 Å². The molecule has 2 atom stereocenters. The summed E-state index contributed by atoms with van der Waals surface area (Å²) in [6.07, 6.45) is 0.181. The van der Waals surface area contributed by atoms with Crippen molar-refractivity contribution in [1.82, 2.24) is 19.7 Å². The number of rotatable bonds is 6. The van der Waals surface area contributed by atoms with Crippen LogP contribution in [0.1, 0.15) is 36.2 Å². The van der Waals surface area contributed by atoms with Crippen molar-refractivity contribution in [3.63, 3.8) is 0 Å². The van der Waals surface area contributed by atoms with Gasteiger partial charge in [-0.25, -0.2) is 4.98 Å². The molecule has 1 aliphatic rings. The number of carbonyl (C=O) groups excluding carboxylic acids is 2. The maximum absolute atomic E-state index is 13.3. The van der Waals surface area contributed by atoms with E-state index in [0.717, 1.165) is 27.7 Å². The van der Waals surface area contributed by atoms with E-state index in [0.29, 0.717) is 23.9 Å². The highest BCUT2D eigenvalue weighted by atomic mass is 16.5. The Kier molecular flexibility index (Phi) is 6.18. The number of benzene rings is 2. The van der Waals surface area contributed by atoms with Gasteiger partial charge in [-0.3, -0.25) is 9.59 Å². The highest BCUT2D eigenvalue weighted by Crippen LogP contribution is 2.31. The van der Waals surface area contributed by atoms with Crippen LogP contribution in [-0.4, -0.2) is 45.1 Å². The summed E-state index contributed by atoms with van der Waals surface area (Å²) in [5.74, 6) is 1.09. The number of hydrogen-bond acceptors (Lipinski definition) is 5. The van der Waals surface area contributed by atoms with E-state index in [4.69, 9.17) is 9.72 Å². The number of nitrogens with one attached hydrogen (secondary N) is 1. The van der Waals surface area contributed by atoms with Crippen LogP contribution in [0.2, 0.25) is 0 Å². The van der Waals surface area contributed by atoms with Crippen LogP contribution in [0.25, 0.3) is 16.7 Å². The molecular formula is C28H29N5O3. The molecule has 0 saturated carbocycles. The van der Waals surface area contributed by atoms with Gasteiger partial charge in [0.1, 0.15) is 17.1 Å². The molecule has 0 radical (unpaired) electrons. The molecule has 2 unspecified atom stereocenters. The highest BCUT2D eigenvalue weighted by Gasteiger charge is 2.37. The number of likely N-dealkylation sites (tertiary alicyclic amines) is 1. The number of amides is 2. The summed E-state index contributed by atoms with van der Waals surface area (Å²) >= 11 is 0. The standard InChI is InChI=1S/C28H29N5O3/c1-17-13-24(29-27-22(17)11-8-12-23(27)36-4)33-25(14-18(2)31-33)30-28(35)21-15-26(34)32(16-21)19(3)20-9-6-5-7-10-20/h5-14,19,21H,15-16H2,1-4H3,(H,30,35). The Morgan fingerprint density at radius 3 is 2.64 bits per heavy atom. The molecule has 5 rings (SSSR count). The second kappa shape index (κ2) is 9.45. The van der Waals surface area contributed by atoms with E-state index >= 15 is 0 Å². The van der Waals surface area contributed by atoms with Crippen LogP contribution in [0.4, 0.5) is 5.82 Å². The number of pyridine rings is 1. The van der Waals surface area contributed by atoms with E-state index in [9.17, 15) is 9.59 Å². The number of fused-ring (bicyclic) bond motifs is 1. The number of carbonyl (C=O) groups is 2. The van der Waals surface area contributed by atoms with Gasteiger partial charge in [0.05, 0.1) is 24.8 Å². The minimum Gasteiger partial charge on any atom is -0.494 e. The molecule has 2 amide bonds. The van der Waals surface area contributed by atoms with Gasteiger partial charge in [-0.15, -0.1) is 0 Å². The first kappa shape index (κ1) is 23.5. The molecule has 1 N–H and O–H groups in total. The Morgan fingerprint density at radius 2 is 1.89 bits per heavy atom. The summed E-state index contributed by atoms with van der Waals surface area (Å²) in [5, 5.41) is 8.57. The molecule has 8 heteroatoms. The molecule has 184 valence electrons. The zero-order valence-corrected chi connectivity index (χ0v) is 20.9. The van der Waals surface area contributed by atoms with E-state index in [2.05, 4.69) is 10.4 Å². The van der Waals surface area contributed by atoms with Crippen molar-refractivity contribution >= 4 is 28.5 Å². The number of nitrogens with zero attached hydrogens (tertiary/aromatic N) is 4. The number of aryl methyl sites for hydroxylation is 2. The van der Waals surface area contributed by atoms with Crippen LogP contribution in [0.5, 0.6) is 5.75 Å². The van der Waals surface area contributed by atoms with Crippen molar-refractivity contribution in [2.75, 3.05) is 19.0 Å². The zero-order chi connectivity index (χ0) is 25.4. The summed E-state index contributed by atoms with van der Waals surface area (Å²) in [4.78, 5) is 32.6. The average Bonchev–Trinajstić information content (AvgIpc) is 3.45. The van der Waals surface area contributed by atoms with E-state index in [1.807, 2.05) is 81.4 Å². The van der Waals surface area contributed by atoms with Crippen molar-refractivity contribution < 1.29 is 14.3 Å².